The van der Waals surface area contributed by atoms with Crippen molar-refractivity contribution in [1.29, 1.82) is 0 Å². The van der Waals surface area contributed by atoms with Gasteiger partial charge in [0.1, 0.15) is 10.8 Å². The van der Waals surface area contributed by atoms with Crippen molar-refractivity contribution in [3.8, 4) is 17.0 Å². The summed E-state index contributed by atoms with van der Waals surface area (Å²) in [7, 11) is 3.84. The maximum absolute atomic E-state index is 5.36. The number of hydrogen-bond acceptors (Lipinski definition) is 3. The largest absolute Gasteiger partial charge is 0.497 e. The minimum atomic E-state index is 0.910. The van der Waals surface area contributed by atoms with Gasteiger partial charge in [-0.1, -0.05) is 0 Å². The molecule has 1 aliphatic rings. The van der Waals surface area contributed by atoms with Crippen LogP contribution in [-0.4, -0.2) is 16.7 Å². The molecule has 3 heterocycles. The molecule has 0 bridgehead atoms. The number of fused-ring (bicyclic) bond motifs is 5. The molecule has 0 fully saturated rings. The van der Waals surface area contributed by atoms with Crippen LogP contribution in [0.1, 0.15) is 5.56 Å². The Morgan fingerprint density at radius 1 is 1.30 bits per heavy atom. The first-order valence-corrected chi connectivity index (χ1v) is 7.51. The predicted molar refractivity (Wildman–Crippen MR) is 82.3 cm³/mol. The number of rotatable bonds is 1. The Morgan fingerprint density at radius 2 is 2.20 bits per heavy atom. The first-order chi connectivity index (χ1) is 9.79. The van der Waals surface area contributed by atoms with Gasteiger partial charge in [-0.2, -0.15) is 0 Å². The quantitative estimate of drug-likeness (QED) is 0.678. The smallest absolute Gasteiger partial charge is 0.119 e. The Labute approximate surface area is 121 Å². The van der Waals surface area contributed by atoms with Gasteiger partial charge in [-0.15, -0.1) is 11.8 Å². The number of aromatic nitrogens is 2. The monoisotopic (exact) mass is 282 g/mol. The first kappa shape index (κ1) is 11.9. The number of benzene rings is 1. The third-order valence-electron chi connectivity index (χ3n) is 3.89. The van der Waals surface area contributed by atoms with Crippen LogP contribution in [-0.2, 0) is 12.8 Å². The molecule has 2 aromatic heterocycles. The molecule has 20 heavy (non-hydrogen) atoms. The van der Waals surface area contributed by atoms with E-state index in [-0.39, 0.29) is 0 Å². The molecule has 1 aliphatic heterocycles. The SMILES string of the molecule is COc1ccc2c(c1)c1c(n2C)-c2cccnc2SC1. The second-order valence-electron chi connectivity index (χ2n) is 4.91. The zero-order chi connectivity index (χ0) is 13.7. The van der Waals surface area contributed by atoms with Gasteiger partial charge < -0.3 is 9.30 Å². The Balaban J connectivity index is 2.09. The van der Waals surface area contributed by atoms with Crippen molar-refractivity contribution in [3.05, 3.63) is 42.1 Å². The minimum absolute atomic E-state index is 0.910. The van der Waals surface area contributed by atoms with Crippen LogP contribution in [0, 0.1) is 0 Å². The van der Waals surface area contributed by atoms with Crippen molar-refractivity contribution in [2.24, 2.45) is 7.05 Å². The summed E-state index contributed by atoms with van der Waals surface area (Å²) in [5, 5.41) is 2.40. The van der Waals surface area contributed by atoms with Crippen molar-refractivity contribution >= 4 is 22.7 Å². The van der Waals surface area contributed by atoms with Crippen LogP contribution in [0.15, 0.2) is 41.6 Å². The van der Waals surface area contributed by atoms with Gasteiger partial charge >= 0.3 is 0 Å². The second-order valence-corrected chi connectivity index (χ2v) is 5.88. The number of pyridine rings is 1. The van der Waals surface area contributed by atoms with Gasteiger partial charge in [0.2, 0.25) is 0 Å². The van der Waals surface area contributed by atoms with Gasteiger partial charge in [-0.05, 0) is 35.9 Å². The average molecular weight is 282 g/mol. The molecule has 0 radical (unpaired) electrons. The van der Waals surface area contributed by atoms with E-state index in [0.29, 0.717) is 0 Å². The van der Waals surface area contributed by atoms with Gasteiger partial charge in [0.15, 0.2) is 0 Å². The van der Waals surface area contributed by atoms with Crippen molar-refractivity contribution in [2.75, 3.05) is 7.11 Å². The average Bonchev–Trinajstić information content (AvgIpc) is 2.80. The van der Waals surface area contributed by atoms with E-state index in [2.05, 4.69) is 34.8 Å². The molecule has 0 N–H and O–H groups in total. The molecule has 0 aliphatic carbocycles. The van der Waals surface area contributed by atoms with E-state index >= 15 is 0 Å². The Kier molecular flexibility index (Phi) is 2.54. The van der Waals surface area contributed by atoms with E-state index < -0.39 is 0 Å². The highest BCUT2D eigenvalue weighted by Gasteiger charge is 2.24. The van der Waals surface area contributed by atoms with Crippen LogP contribution < -0.4 is 4.74 Å². The van der Waals surface area contributed by atoms with Crippen LogP contribution in [0.2, 0.25) is 0 Å². The molecule has 100 valence electrons. The van der Waals surface area contributed by atoms with Gasteiger partial charge in [0.25, 0.3) is 0 Å². The lowest BCUT2D eigenvalue weighted by Crippen LogP contribution is -2.00. The molecule has 0 unspecified atom stereocenters. The number of hydrogen-bond donors (Lipinski definition) is 0. The summed E-state index contributed by atoms with van der Waals surface area (Å²) in [5.41, 5.74) is 5.14. The standard InChI is InChI=1S/C16H14N2OS/c1-18-14-6-5-10(19-2)8-12(14)13-9-20-16-11(15(13)18)4-3-7-17-16/h3-8H,9H2,1-2H3. The van der Waals surface area contributed by atoms with Crippen LogP contribution in [0.5, 0.6) is 5.75 Å². The van der Waals surface area contributed by atoms with Crippen molar-refractivity contribution in [1.82, 2.24) is 9.55 Å². The first-order valence-electron chi connectivity index (χ1n) is 6.53. The molecule has 0 saturated heterocycles. The summed E-state index contributed by atoms with van der Waals surface area (Å²) in [5.74, 6) is 1.87. The highest BCUT2D eigenvalue weighted by Crippen LogP contribution is 2.44. The van der Waals surface area contributed by atoms with E-state index in [1.807, 2.05) is 30.1 Å². The highest BCUT2D eigenvalue weighted by atomic mass is 32.2. The molecule has 4 rings (SSSR count). The second kappa shape index (κ2) is 4.28. The molecular weight excluding hydrogens is 268 g/mol. The van der Waals surface area contributed by atoms with Gasteiger partial charge in [0, 0.05) is 35.5 Å². The molecule has 4 heteroatoms. The molecule has 3 aromatic rings. The number of thioether (sulfide) groups is 1. The topological polar surface area (TPSA) is 27.1 Å². The maximum atomic E-state index is 5.36. The predicted octanol–water partition coefficient (Wildman–Crippen LogP) is 3.85. The lowest BCUT2D eigenvalue weighted by Gasteiger charge is -2.16. The number of ether oxygens (including phenoxy) is 1. The number of methoxy groups -OCH3 is 1. The molecule has 0 atom stereocenters. The lowest BCUT2D eigenvalue weighted by atomic mass is 10.1. The summed E-state index contributed by atoms with van der Waals surface area (Å²) < 4.78 is 7.63. The van der Waals surface area contributed by atoms with E-state index in [9.17, 15) is 0 Å². The Bertz CT molecular complexity index is 823. The molecule has 0 saturated carbocycles. The fourth-order valence-corrected chi connectivity index (χ4v) is 3.97. The molecule has 3 nitrogen and oxygen atoms in total. The van der Waals surface area contributed by atoms with E-state index in [1.54, 1.807) is 7.11 Å². The van der Waals surface area contributed by atoms with Crippen molar-refractivity contribution in [2.45, 2.75) is 10.8 Å². The summed E-state index contributed by atoms with van der Waals surface area (Å²) >= 11 is 1.81. The van der Waals surface area contributed by atoms with Crippen LogP contribution in [0.25, 0.3) is 22.2 Å². The molecule has 0 spiro atoms. The third kappa shape index (κ3) is 1.51. The van der Waals surface area contributed by atoms with Gasteiger partial charge in [-0.3, -0.25) is 0 Å². The zero-order valence-corrected chi connectivity index (χ0v) is 12.2. The summed E-state index contributed by atoms with van der Waals surface area (Å²) in [6, 6.07) is 10.4. The fraction of sp³-hybridized carbons (Fsp3) is 0.188. The summed E-state index contributed by atoms with van der Waals surface area (Å²) in [6.45, 7) is 0. The summed E-state index contributed by atoms with van der Waals surface area (Å²) in [6.07, 6.45) is 1.86. The van der Waals surface area contributed by atoms with Gasteiger partial charge in [0.05, 0.1) is 12.8 Å². The van der Waals surface area contributed by atoms with E-state index in [4.69, 9.17) is 4.74 Å². The fourth-order valence-electron chi connectivity index (χ4n) is 2.94. The Morgan fingerprint density at radius 3 is 3.05 bits per heavy atom. The van der Waals surface area contributed by atoms with Crippen molar-refractivity contribution in [3.63, 3.8) is 0 Å². The maximum Gasteiger partial charge on any atom is 0.119 e. The van der Waals surface area contributed by atoms with E-state index in [0.717, 1.165) is 16.5 Å². The van der Waals surface area contributed by atoms with Gasteiger partial charge in [-0.25, -0.2) is 4.98 Å². The van der Waals surface area contributed by atoms with Crippen LogP contribution in [0.3, 0.4) is 0 Å². The lowest BCUT2D eigenvalue weighted by molar-refractivity contribution is 0.415. The summed E-state index contributed by atoms with van der Waals surface area (Å²) in [4.78, 5) is 4.49. The third-order valence-corrected chi connectivity index (χ3v) is 4.92. The number of aryl methyl sites for hydroxylation is 1. The minimum Gasteiger partial charge on any atom is -0.497 e. The van der Waals surface area contributed by atoms with Crippen molar-refractivity contribution < 1.29 is 4.74 Å². The number of nitrogens with zero attached hydrogens (tertiary/aromatic N) is 2. The zero-order valence-electron chi connectivity index (χ0n) is 11.4. The van der Waals surface area contributed by atoms with Crippen LogP contribution >= 0.6 is 11.8 Å². The van der Waals surface area contributed by atoms with E-state index in [1.165, 1.54) is 27.7 Å². The highest BCUT2D eigenvalue weighted by molar-refractivity contribution is 7.98. The Hall–Kier alpha value is -1.94. The molecule has 0 amide bonds. The molecule has 1 aromatic carbocycles. The van der Waals surface area contributed by atoms with Crippen LogP contribution in [0.4, 0.5) is 0 Å². The molecular formula is C16H14N2OS. The normalized spacial score (nSPS) is 13.1.